The van der Waals surface area contributed by atoms with Crippen molar-refractivity contribution in [2.24, 2.45) is 0 Å². The van der Waals surface area contributed by atoms with E-state index in [1.807, 2.05) is 48.6 Å². The van der Waals surface area contributed by atoms with Crippen LogP contribution in [-0.4, -0.2) is 32.1 Å². The van der Waals surface area contributed by atoms with Gasteiger partial charge in [-0.3, -0.25) is 14.5 Å². The first-order valence-corrected chi connectivity index (χ1v) is 10.3. The number of aryl methyl sites for hydroxylation is 2. The molecular formula is C24H28N4O. The van der Waals surface area contributed by atoms with Crippen molar-refractivity contribution in [1.82, 2.24) is 19.7 Å². The minimum absolute atomic E-state index is 0.0305. The predicted octanol–water partition coefficient (Wildman–Crippen LogP) is 4.54. The van der Waals surface area contributed by atoms with E-state index in [4.69, 9.17) is 4.98 Å². The third-order valence-corrected chi connectivity index (χ3v) is 6.02. The number of carbonyl (C=O) groups excluding carboxylic acids is 1. The monoisotopic (exact) mass is 388 g/mol. The van der Waals surface area contributed by atoms with Gasteiger partial charge in [0.2, 0.25) is 5.91 Å². The quantitative estimate of drug-likeness (QED) is 0.659. The van der Waals surface area contributed by atoms with Crippen LogP contribution in [0.15, 0.2) is 42.5 Å². The van der Waals surface area contributed by atoms with Crippen molar-refractivity contribution in [2.75, 3.05) is 6.54 Å². The number of hydrogen-bond donors (Lipinski definition) is 0. The first-order valence-electron chi connectivity index (χ1n) is 10.3. The molecule has 1 aliphatic rings. The van der Waals surface area contributed by atoms with Gasteiger partial charge in [0.25, 0.3) is 0 Å². The minimum Gasteiger partial charge on any atom is -0.332 e. The summed E-state index contributed by atoms with van der Waals surface area (Å²) in [6.07, 6.45) is 1.95. The SMILES string of the molecule is Cc1cc(-c2ccccc2)cc(C2CCCN2C(=O)Cn2nc(C)c(C)c2C)n1. The molecule has 2 aromatic heterocycles. The number of pyridine rings is 1. The van der Waals surface area contributed by atoms with Crippen LogP contribution in [0, 0.1) is 27.7 Å². The first-order chi connectivity index (χ1) is 13.9. The predicted molar refractivity (Wildman–Crippen MR) is 115 cm³/mol. The molecule has 1 saturated heterocycles. The van der Waals surface area contributed by atoms with E-state index >= 15 is 0 Å². The van der Waals surface area contributed by atoms with E-state index in [1.165, 1.54) is 5.56 Å². The van der Waals surface area contributed by atoms with E-state index in [-0.39, 0.29) is 18.5 Å². The zero-order valence-electron chi connectivity index (χ0n) is 17.6. The van der Waals surface area contributed by atoms with Crippen LogP contribution in [0.2, 0.25) is 0 Å². The van der Waals surface area contributed by atoms with Crippen molar-refractivity contribution < 1.29 is 4.79 Å². The molecule has 4 rings (SSSR count). The van der Waals surface area contributed by atoms with Gasteiger partial charge in [-0.25, -0.2) is 0 Å². The minimum atomic E-state index is 0.0305. The third-order valence-electron chi connectivity index (χ3n) is 6.02. The molecule has 1 unspecified atom stereocenters. The Kier molecular flexibility index (Phi) is 5.22. The number of benzene rings is 1. The van der Waals surface area contributed by atoms with Crippen LogP contribution >= 0.6 is 0 Å². The topological polar surface area (TPSA) is 51.0 Å². The first kappa shape index (κ1) is 19.4. The fraction of sp³-hybridized carbons (Fsp3) is 0.375. The fourth-order valence-corrected chi connectivity index (χ4v) is 4.19. The maximum atomic E-state index is 13.1. The van der Waals surface area contributed by atoms with Crippen LogP contribution < -0.4 is 0 Å². The lowest BCUT2D eigenvalue weighted by molar-refractivity contribution is -0.133. The molecule has 0 saturated carbocycles. The molecule has 0 radical (unpaired) electrons. The van der Waals surface area contributed by atoms with Gasteiger partial charge >= 0.3 is 0 Å². The Hall–Kier alpha value is -2.95. The summed E-state index contributed by atoms with van der Waals surface area (Å²) >= 11 is 0. The molecule has 1 amide bonds. The van der Waals surface area contributed by atoms with Crippen molar-refractivity contribution in [2.45, 2.75) is 53.1 Å². The average Bonchev–Trinajstić information content (AvgIpc) is 3.30. The van der Waals surface area contributed by atoms with Crippen LogP contribution in [0.3, 0.4) is 0 Å². The summed E-state index contributed by atoms with van der Waals surface area (Å²) in [5, 5.41) is 4.54. The second-order valence-corrected chi connectivity index (χ2v) is 7.99. The standard InChI is InChI=1S/C24H28N4O/c1-16-13-21(20-9-6-5-7-10-20)14-22(25-16)23-11-8-12-27(23)24(29)15-28-19(4)17(2)18(3)26-28/h5-7,9-10,13-14,23H,8,11-12,15H2,1-4H3. The molecule has 0 aliphatic carbocycles. The highest BCUT2D eigenvalue weighted by molar-refractivity contribution is 5.77. The van der Waals surface area contributed by atoms with Crippen LogP contribution in [0.25, 0.3) is 11.1 Å². The van der Waals surface area contributed by atoms with Gasteiger partial charge < -0.3 is 4.90 Å². The summed E-state index contributed by atoms with van der Waals surface area (Å²) in [6, 6.07) is 14.6. The molecule has 150 valence electrons. The number of nitrogens with zero attached hydrogens (tertiary/aromatic N) is 4. The smallest absolute Gasteiger partial charge is 0.244 e. The van der Waals surface area contributed by atoms with Crippen LogP contribution in [0.4, 0.5) is 0 Å². The third kappa shape index (κ3) is 3.82. The Balaban J connectivity index is 1.60. The highest BCUT2D eigenvalue weighted by Crippen LogP contribution is 2.33. The molecule has 0 bridgehead atoms. The fourth-order valence-electron chi connectivity index (χ4n) is 4.19. The summed E-state index contributed by atoms with van der Waals surface area (Å²) in [7, 11) is 0. The Morgan fingerprint density at radius 1 is 1.07 bits per heavy atom. The molecule has 0 spiro atoms. The second-order valence-electron chi connectivity index (χ2n) is 7.99. The molecule has 3 aromatic rings. The van der Waals surface area contributed by atoms with Gasteiger partial charge in [0.15, 0.2) is 0 Å². The highest BCUT2D eigenvalue weighted by atomic mass is 16.2. The normalized spacial score (nSPS) is 16.4. The maximum absolute atomic E-state index is 13.1. The van der Waals surface area contributed by atoms with E-state index in [9.17, 15) is 4.79 Å². The van der Waals surface area contributed by atoms with Crippen LogP contribution in [0.1, 0.15) is 47.2 Å². The summed E-state index contributed by atoms with van der Waals surface area (Å²) in [4.78, 5) is 19.9. The van der Waals surface area contributed by atoms with Gasteiger partial charge in [0.05, 0.1) is 17.4 Å². The number of hydrogen-bond acceptors (Lipinski definition) is 3. The van der Waals surface area contributed by atoms with E-state index in [1.54, 1.807) is 0 Å². The Morgan fingerprint density at radius 3 is 2.52 bits per heavy atom. The summed E-state index contributed by atoms with van der Waals surface area (Å²) in [5.41, 5.74) is 7.50. The maximum Gasteiger partial charge on any atom is 0.244 e. The van der Waals surface area contributed by atoms with E-state index < -0.39 is 0 Å². The lowest BCUT2D eigenvalue weighted by Gasteiger charge is -2.25. The van der Waals surface area contributed by atoms with Gasteiger partial charge in [-0.15, -0.1) is 0 Å². The molecule has 5 heteroatoms. The van der Waals surface area contributed by atoms with Crippen LogP contribution in [-0.2, 0) is 11.3 Å². The molecule has 1 fully saturated rings. The van der Waals surface area contributed by atoms with E-state index in [0.717, 1.165) is 53.3 Å². The van der Waals surface area contributed by atoms with Crippen molar-refractivity contribution in [3.05, 3.63) is 70.8 Å². The molecule has 0 N–H and O–H groups in total. The molecule has 1 aromatic carbocycles. The lowest BCUT2D eigenvalue weighted by atomic mass is 10.0. The Morgan fingerprint density at radius 2 is 1.83 bits per heavy atom. The Bertz CT molecular complexity index is 1040. The molecule has 29 heavy (non-hydrogen) atoms. The molecule has 1 atom stereocenters. The molecule has 1 aliphatic heterocycles. The van der Waals surface area contributed by atoms with Gasteiger partial charge in [-0.2, -0.15) is 5.10 Å². The van der Waals surface area contributed by atoms with E-state index in [0.29, 0.717) is 0 Å². The Labute approximate surface area is 172 Å². The van der Waals surface area contributed by atoms with Gasteiger partial charge in [0, 0.05) is 17.9 Å². The van der Waals surface area contributed by atoms with Crippen LogP contribution in [0.5, 0.6) is 0 Å². The van der Waals surface area contributed by atoms with Crippen molar-refractivity contribution in [3.8, 4) is 11.1 Å². The lowest BCUT2D eigenvalue weighted by Crippen LogP contribution is -2.34. The van der Waals surface area contributed by atoms with Gasteiger partial charge in [-0.1, -0.05) is 30.3 Å². The number of rotatable bonds is 4. The summed E-state index contributed by atoms with van der Waals surface area (Å²) < 4.78 is 1.83. The zero-order valence-corrected chi connectivity index (χ0v) is 17.6. The average molecular weight is 389 g/mol. The second kappa shape index (κ2) is 7.82. The zero-order chi connectivity index (χ0) is 20.5. The molecular weight excluding hydrogens is 360 g/mol. The summed E-state index contributed by atoms with van der Waals surface area (Å²) in [6.45, 7) is 9.16. The summed E-state index contributed by atoms with van der Waals surface area (Å²) in [5.74, 6) is 0.114. The molecule has 3 heterocycles. The number of likely N-dealkylation sites (tertiary alicyclic amines) is 1. The molecule has 5 nitrogen and oxygen atoms in total. The van der Waals surface area contributed by atoms with E-state index in [2.05, 4.69) is 36.3 Å². The number of aromatic nitrogens is 3. The number of carbonyl (C=O) groups is 1. The van der Waals surface area contributed by atoms with Gasteiger partial charge in [0.1, 0.15) is 6.54 Å². The number of amides is 1. The van der Waals surface area contributed by atoms with Crippen molar-refractivity contribution in [1.29, 1.82) is 0 Å². The van der Waals surface area contributed by atoms with Crippen molar-refractivity contribution >= 4 is 5.91 Å². The highest BCUT2D eigenvalue weighted by Gasteiger charge is 2.31. The largest absolute Gasteiger partial charge is 0.332 e. The van der Waals surface area contributed by atoms with Crippen molar-refractivity contribution in [3.63, 3.8) is 0 Å². The van der Waals surface area contributed by atoms with Gasteiger partial charge in [-0.05, 0) is 69.4 Å².